The average Bonchev–Trinajstić information content (AvgIpc) is 2.80. The molecule has 136 valence electrons. The first-order chi connectivity index (χ1) is 10.9. The Bertz CT molecular complexity index is 598. The first kappa shape index (κ1) is 19.0. The summed E-state index contributed by atoms with van der Waals surface area (Å²) >= 11 is 1.28. The van der Waals surface area contributed by atoms with Crippen molar-refractivity contribution in [2.75, 3.05) is 18.4 Å². The van der Waals surface area contributed by atoms with Crippen molar-refractivity contribution in [1.29, 1.82) is 0 Å². The van der Waals surface area contributed by atoms with Crippen LogP contribution in [0.4, 0.5) is 23.1 Å². The highest BCUT2D eigenvalue weighted by atomic mass is 32.1. The molecule has 2 heterocycles. The van der Waals surface area contributed by atoms with E-state index in [1.807, 2.05) is 26.2 Å². The van der Waals surface area contributed by atoms with Crippen molar-refractivity contribution < 1.29 is 23.1 Å². The minimum atomic E-state index is -4.68. The predicted octanol–water partition coefficient (Wildman–Crippen LogP) is 3.75. The fourth-order valence-electron chi connectivity index (χ4n) is 2.45. The van der Waals surface area contributed by atoms with Crippen LogP contribution in [-0.2, 0) is 5.41 Å². The summed E-state index contributed by atoms with van der Waals surface area (Å²) in [5.74, 6) is 0. The molecule has 0 saturated carbocycles. The summed E-state index contributed by atoms with van der Waals surface area (Å²) < 4.78 is 38.8. The number of aliphatic hydroxyl groups is 1. The first-order valence-electron chi connectivity index (χ1n) is 7.73. The van der Waals surface area contributed by atoms with Gasteiger partial charge in [-0.1, -0.05) is 20.8 Å². The second-order valence-electron chi connectivity index (χ2n) is 7.09. The van der Waals surface area contributed by atoms with Gasteiger partial charge in [0.2, 0.25) is 0 Å². The van der Waals surface area contributed by atoms with Gasteiger partial charge in [0.05, 0.1) is 5.69 Å². The molecule has 0 bridgehead atoms. The standard InChI is InChI=1S/C15H22F3N3O2S/c1-13(2,3)10-9-24-11(19-10)20-12(22)21-7-4-5-14(23,6-8-21)15(16,17)18/h9,23H,4-8H2,1-3H3,(H,19,20,22). The molecule has 1 saturated heterocycles. The fourth-order valence-corrected chi connectivity index (χ4v) is 3.38. The number of nitrogens with one attached hydrogen (secondary N) is 1. The lowest BCUT2D eigenvalue weighted by atomic mass is 9.93. The van der Waals surface area contributed by atoms with Gasteiger partial charge in [0, 0.05) is 30.3 Å². The van der Waals surface area contributed by atoms with Crippen LogP contribution in [0, 0.1) is 0 Å². The normalized spacial score (nSPS) is 23.0. The lowest BCUT2D eigenvalue weighted by Crippen LogP contribution is -2.46. The van der Waals surface area contributed by atoms with Crippen LogP contribution in [0.3, 0.4) is 0 Å². The van der Waals surface area contributed by atoms with Gasteiger partial charge in [-0.2, -0.15) is 13.2 Å². The van der Waals surface area contributed by atoms with Gasteiger partial charge >= 0.3 is 12.2 Å². The van der Waals surface area contributed by atoms with Crippen molar-refractivity contribution in [1.82, 2.24) is 9.88 Å². The molecule has 0 aromatic carbocycles. The van der Waals surface area contributed by atoms with Gasteiger partial charge in [-0.15, -0.1) is 11.3 Å². The van der Waals surface area contributed by atoms with Crippen molar-refractivity contribution in [3.63, 3.8) is 0 Å². The Hall–Kier alpha value is -1.35. The maximum atomic E-state index is 12.9. The first-order valence-corrected chi connectivity index (χ1v) is 8.61. The lowest BCUT2D eigenvalue weighted by molar-refractivity contribution is -0.263. The minimum absolute atomic E-state index is 0.0918. The number of anilines is 1. The fraction of sp³-hybridized carbons (Fsp3) is 0.733. The molecule has 0 spiro atoms. The number of aromatic nitrogens is 1. The van der Waals surface area contributed by atoms with Crippen LogP contribution in [0.15, 0.2) is 5.38 Å². The van der Waals surface area contributed by atoms with Crippen LogP contribution in [0.25, 0.3) is 0 Å². The highest BCUT2D eigenvalue weighted by Crippen LogP contribution is 2.38. The maximum Gasteiger partial charge on any atom is 0.417 e. The Kier molecular flexibility index (Phi) is 5.15. The third-order valence-electron chi connectivity index (χ3n) is 4.12. The number of rotatable bonds is 1. The highest BCUT2D eigenvalue weighted by Gasteiger charge is 2.53. The van der Waals surface area contributed by atoms with Crippen LogP contribution < -0.4 is 5.32 Å². The van der Waals surface area contributed by atoms with Gasteiger partial charge in [0.15, 0.2) is 10.7 Å². The summed E-state index contributed by atoms with van der Waals surface area (Å²) in [7, 11) is 0. The number of carbonyl (C=O) groups excluding carboxylic acids is 1. The molecular formula is C15H22F3N3O2S. The second kappa shape index (κ2) is 6.51. The van der Waals surface area contributed by atoms with E-state index >= 15 is 0 Å². The van der Waals surface area contributed by atoms with E-state index in [4.69, 9.17) is 0 Å². The van der Waals surface area contributed by atoms with Gasteiger partial charge in [0.25, 0.3) is 0 Å². The highest BCUT2D eigenvalue weighted by molar-refractivity contribution is 7.13. The zero-order valence-corrected chi connectivity index (χ0v) is 14.7. The average molecular weight is 365 g/mol. The third kappa shape index (κ3) is 4.18. The van der Waals surface area contributed by atoms with E-state index < -0.39 is 30.7 Å². The van der Waals surface area contributed by atoms with Crippen LogP contribution in [0.5, 0.6) is 0 Å². The molecule has 5 nitrogen and oxygen atoms in total. The second-order valence-corrected chi connectivity index (χ2v) is 7.95. The molecule has 1 aliphatic rings. The molecule has 0 aliphatic carbocycles. The number of hydrogen-bond acceptors (Lipinski definition) is 4. The van der Waals surface area contributed by atoms with Crippen LogP contribution in [0.1, 0.15) is 45.7 Å². The quantitative estimate of drug-likeness (QED) is 0.797. The van der Waals surface area contributed by atoms with E-state index in [2.05, 4.69) is 10.3 Å². The lowest BCUT2D eigenvalue weighted by Gasteiger charge is -2.29. The smallest absolute Gasteiger partial charge is 0.380 e. The Morgan fingerprint density at radius 3 is 2.54 bits per heavy atom. The molecule has 0 radical (unpaired) electrons. The van der Waals surface area contributed by atoms with E-state index in [0.717, 1.165) is 5.69 Å². The van der Waals surface area contributed by atoms with Crippen molar-refractivity contribution >= 4 is 22.5 Å². The summed E-state index contributed by atoms with van der Waals surface area (Å²) in [6.45, 7) is 6.02. The monoisotopic (exact) mass is 365 g/mol. The molecular weight excluding hydrogens is 343 g/mol. The van der Waals surface area contributed by atoms with Gasteiger partial charge in [-0.25, -0.2) is 9.78 Å². The number of urea groups is 1. The number of thiazole rings is 1. The summed E-state index contributed by atoms with van der Waals surface area (Å²) in [6, 6.07) is -0.490. The molecule has 1 aliphatic heterocycles. The van der Waals surface area contributed by atoms with Crippen molar-refractivity contribution in [2.45, 2.75) is 57.2 Å². The molecule has 1 aromatic rings. The van der Waals surface area contributed by atoms with Gasteiger partial charge < -0.3 is 10.0 Å². The Labute approximate surface area is 142 Å². The molecule has 1 atom stereocenters. The van der Waals surface area contributed by atoms with Gasteiger partial charge in [0.1, 0.15) is 0 Å². The third-order valence-corrected chi connectivity index (χ3v) is 4.87. The number of halogens is 3. The summed E-state index contributed by atoms with van der Waals surface area (Å²) in [5, 5.41) is 14.7. The number of amides is 2. The van der Waals surface area contributed by atoms with Crippen LogP contribution in [-0.4, -0.2) is 45.9 Å². The van der Waals surface area contributed by atoms with E-state index in [-0.39, 0.29) is 24.9 Å². The molecule has 1 aromatic heterocycles. The van der Waals surface area contributed by atoms with Crippen LogP contribution >= 0.6 is 11.3 Å². The summed E-state index contributed by atoms with van der Waals surface area (Å²) in [6.07, 6.45) is -5.51. The summed E-state index contributed by atoms with van der Waals surface area (Å²) in [5.41, 5.74) is -2.03. The number of nitrogens with zero attached hydrogens (tertiary/aromatic N) is 2. The van der Waals surface area contributed by atoms with E-state index in [9.17, 15) is 23.1 Å². The molecule has 1 fully saturated rings. The number of carbonyl (C=O) groups is 1. The maximum absolute atomic E-state index is 12.9. The topological polar surface area (TPSA) is 65.5 Å². The molecule has 2 amide bonds. The van der Waals surface area contributed by atoms with Crippen molar-refractivity contribution in [2.24, 2.45) is 0 Å². The zero-order chi connectivity index (χ0) is 18.2. The van der Waals surface area contributed by atoms with Crippen LogP contribution in [0.2, 0.25) is 0 Å². The zero-order valence-electron chi connectivity index (χ0n) is 13.9. The Morgan fingerprint density at radius 1 is 1.33 bits per heavy atom. The van der Waals surface area contributed by atoms with E-state index in [1.165, 1.54) is 16.2 Å². The number of hydrogen-bond donors (Lipinski definition) is 2. The summed E-state index contributed by atoms with van der Waals surface area (Å²) in [4.78, 5) is 17.9. The Morgan fingerprint density at radius 2 is 2.00 bits per heavy atom. The molecule has 1 unspecified atom stereocenters. The van der Waals surface area contributed by atoms with Crippen molar-refractivity contribution in [3.8, 4) is 0 Å². The molecule has 9 heteroatoms. The van der Waals surface area contributed by atoms with Gasteiger partial charge in [-0.3, -0.25) is 5.32 Å². The van der Waals surface area contributed by atoms with Gasteiger partial charge in [-0.05, 0) is 12.8 Å². The largest absolute Gasteiger partial charge is 0.417 e. The number of alkyl halides is 3. The molecule has 24 heavy (non-hydrogen) atoms. The molecule has 2 rings (SSSR count). The van der Waals surface area contributed by atoms with E-state index in [0.29, 0.717) is 5.13 Å². The van der Waals surface area contributed by atoms with E-state index in [1.54, 1.807) is 0 Å². The van der Waals surface area contributed by atoms with Crippen molar-refractivity contribution in [3.05, 3.63) is 11.1 Å². The number of likely N-dealkylation sites (tertiary alicyclic amines) is 1. The SMILES string of the molecule is CC(C)(C)c1csc(NC(=O)N2CCCC(O)(C(F)(F)F)CC2)n1. The Balaban J connectivity index is 2.00. The molecule has 2 N–H and O–H groups in total. The predicted molar refractivity (Wildman–Crippen MR) is 86.3 cm³/mol. The minimum Gasteiger partial charge on any atom is -0.380 e.